The molecule has 0 aliphatic heterocycles. The van der Waals surface area contributed by atoms with Crippen LogP contribution in [0.2, 0.25) is 0 Å². The summed E-state index contributed by atoms with van der Waals surface area (Å²) in [7, 11) is 0. The summed E-state index contributed by atoms with van der Waals surface area (Å²) in [5, 5.41) is 12.9. The lowest BCUT2D eigenvalue weighted by Crippen LogP contribution is -2.17. The SMILES string of the molecule is Cl.Oc1cccc(CNC2CC2c2ccccc2)c1. The van der Waals surface area contributed by atoms with Crippen LogP contribution in [0.1, 0.15) is 23.5 Å². The number of benzene rings is 2. The van der Waals surface area contributed by atoms with Gasteiger partial charge in [-0.3, -0.25) is 0 Å². The van der Waals surface area contributed by atoms with E-state index in [4.69, 9.17) is 0 Å². The first-order valence-electron chi connectivity index (χ1n) is 6.39. The molecule has 2 N–H and O–H groups in total. The molecular formula is C16H18ClNO. The third-order valence-corrected chi connectivity index (χ3v) is 3.50. The normalized spacial score (nSPS) is 20.6. The van der Waals surface area contributed by atoms with E-state index in [2.05, 4.69) is 35.6 Å². The first-order valence-corrected chi connectivity index (χ1v) is 6.39. The maximum absolute atomic E-state index is 9.40. The fourth-order valence-electron chi connectivity index (χ4n) is 2.40. The number of phenols is 1. The highest BCUT2D eigenvalue weighted by Gasteiger charge is 2.37. The van der Waals surface area contributed by atoms with Crippen molar-refractivity contribution in [2.75, 3.05) is 0 Å². The minimum Gasteiger partial charge on any atom is -0.508 e. The predicted octanol–water partition coefficient (Wildman–Crippen LogP) is 3.46. The van der Waals surface area contributed by atoms with Gasteiger partial charge in [0.05, 0.1) is 0 Å². The van der Waals surface area contributed by atoms with Crippen molar-refractivity contribution in [1.82, 2.24) is 5.32 Å². The topological polar surface area (TPSA) is 32.3 Å². The highest BCUT2D eigenvalue weighted by molar-refractivity contribution is 5.85. The van der Waals surface area contributed by atoms with Crippen molar-refractivity contribution in [3.63, 3.8) is 0 Å². The van der Waals surface area contributed by atoms with Crippen molar-refractivity contribution in [1.29, 1.82) is 0 Å². The van der Waals surface area contributed by atoms with Crippen LogP contribution < -0.4 is 5.32 Å². The molecular weight excluding hydrogens is 258 g/mol. The maximum Gasteiger partial charge on any atom is 0.115 e. The second-order valence-electron chi connectivity index (χ2n) is 4.91. The summed E-state index contributed by atoms with van der Waals surface area (Å²) in [5.41, 5.74) is 2.56. The van der Waals surface area contributed by atoms with Gasteiger partial charge in [0, 0.05) is 18.5 Å². The third-order valence-electron chi connectivity index (χ3n) is 3.50. The molecule has 2 atom stereocenters. The van der Waals surface area contributed by atoms with E-state index in [0.717, 1.165) is 12.1 Å². The van der Waals surface area contributed by atoms with E-state index in [1.165, 1.54) is 12.0 Å². The molecule has 0 saturated heterocycles. The fourth-order valence-corrected chi connectivity index (χ4v) is 2.40. The summed E-state index contributed by atoms with van der Waals surface area (Å²) in [6.07, 6.45) is 1.21. The standard InChI is InChI=1S/C16H17NO.ClH/c18-14-8-4-5-12(9-14)11-17-16-10-15(16)13-6-2-1-3-7-13;/h1-9,15-18H,10-11H2;1H. The zero-order chi connectivity index (χ0) is 12.4. The van der Waals surface area contributed by atoms with Gasteiger partial charge in [-0.2, -0.15) is 0 Å². The summed E-state index contributed by atoms with van der Waals surface area (Å²) in [6.45, 7) is 0.822. The van der Waals surface area contributed by atoms with Crippen LogP contribution in [0.4, 0.5) is 0 Å². The summed E-state index contributed by atoms with van der Waals surface area (Å²) in [6, 6.07) is 18.7. The number of rotatable bonds is 4. The summed E-state index contributed by atoms with van der Waals surface area (Å²) in [4.78, 5) is 0. The molecule has 1 aliphatic carbocycles. The molecule has 1 saturated carbocycles. The largest absolute Gasteiger partial charge is 0.508 e. The van der Waals surface area contributed by atoms with Crippen molar-refractivity contribution in [2.45, 2.75) is 24.9 Å². The Morgan fingerprint density at radius 2 is 1.84 bits per heavy atom. The van der Waals surface area contributed by atoms with E-state index in [0.29, 0.717) is 17.7 Å². The molecule has 0 amide bonds. The van der Waals surface area contributed by atoms with E-state index >= 15 is 0 Å². The monoisotopic (exact) mass is 275 g/mol. The molecule has 2 aromatic rings. The molecule has 19 heavy (non-hydrogen) atoms. The number of halogens is 1. The van der Waals surface area contributed by atoms with Crippen LogP contribution in [0.5, 0.6) is 5.75 Å². The first kappa shape index (κ1) is 13.9. The lowest BCUT2D eigenvalue weighted by Gasteiger charge is -2.05. The lowest BCUT2D eigenvalue weighted by molar-refractivity contribution is 0.474. The Morgan fingerprint density at radius 3 is 2.58 bits per heavy atom. The zero-order valence-electron chi connectivity index (χ0n) is 10.6. The lowest BCUT2D eigenvalue weighted by atomic mass is 10.1. The molecule has 100 valence electrons. The number of nitrogens with one attached hydrogen (secondary N) is 1. The van der Waals surface area contributed by atoms with Gasteiger partial charge < -0.3 is 10.4 Å². The van der Waals surface area contributed by atoms with Gasteiger partial charge in [-0.1, -0.05) is 42.5 Å². The molecule has 0 bridgehead atoms. The Bertz CT molecular complexity index is 529. The Kier molecular flexibility index (Phi) is 4.46. The van der Waals surface area contributed by atoms with Crippen LogP contribution >= 0.6 is 12.4 Å². The van der Waals surface area contributed by atoms with Gasteiger partial charge in [0.2, 0.25) is 0 Å². The highest BCUT2D eigenvalue weighted by Crippen LogP contribution is 2.40. The quantitative estimate of drug-likeness (QED) is 0.896. The molecule has 3 heteroatoms. The van der Waals surface area contributed by atoms with Gasteiger partial charge >= 0.3 is 0 Å². The summed E-state index contributed by atoms with van der Waals surface area (Å²) in [5.74, 6) is 0.994. The van der Waals surface area contributed by atoms with Crippen molar-refractivity contribution in [3.8, 4) is 5.75 Å². The fraction of sp³-hybridized carbons (Fsp3) is 0.250. The van der Waals surface area contributed by atoms with Crippen LogP contribution in [-0.2, 0) is 6.54 Å². The van der Waals surface area contributed by atoms with Crippen LogP contribution in [0.25, 0.3) is 0 Å². The molecule has 0 radical (unpaired) electrons. The number of hydrogen-bond donors (Lipinski definition) is 2. The second-order valence-corrected chi connectivity index (χ2v) is 4.91. The van der Waals surface area contributed by atoms with Crippen molar-refractivity contribution in [3.05, 3.63) is 65.7 Å². The predicted molar refractivity (Wildman–Crippen MR) is 79.8 cm³/mol. The molecule has 0 heterocycles. The first-order chi connectivity index (χ1) is 8.83. The Balaban J connectivity index is 0.00000133. The van der Waals surface area contributed by atoms with E-state index < -0.39 is 0 Å². The van der Waals surface area contributed by atoms with E-state index in [1.807, 2.05) is 18.2 Å². The molecule has 2 unspecified atom stereocenters. The van der Waals surface area contributed by atoms with Crippen LogP contribution in [0.15, 0.2) is 54.6 Å². The minimum atomic E-state index is 0. The van der Waals surface area contributed by atoms with Crippen LogP contribution in [0.3, 0.4) is 0 Å². The third kappa shape index (κ3) is 3.49. The van der Waals surface area contributed by atoms with E-state index in [1.54, 1.807) is 6.07 Å². The minimum absolute atomic E-state index is 0. The van der Waals surface area contributed by atoms with Crippen molar-refractivity contribution in [2.24, 2.45) is 0 Å². The Morgan fingerprint density at radius 1 is 1.05 bits per heavy atom. The number of hydrogen-bond acceptors (Lipinski definition) is 2. The highest BCUT2D eigenvalue weighted by atomic mass is 35.5. The van der Waals surface area contributed by atoms with Gasteiger partial charge in [0.15, 0.2) is 0 Å². The van der Waals surface area contributed by atoms with Crippen LogP contribution in [0, 0.1) is 0 Å². The van der Waals surface area contributed by atoms with Crippen molar-refractivity contribution >= 4 is 12.4 Å². The molecule has 2 aromatic carbocycles. The molecule has 1 aliphatic rings. The Labute approximate surface area is 119 Å². The Hall–Kier alpha value is -1.51. The molecule has 0 spiro atoms. The summed E-state index contributed by atoms with van der Waals surface area (Å²) >= 11 is 0. The smallest absolute Gasteiger partial charge is 0.115 e. The molecule has 3 rings (SSSR count). The van der Waals surface area contributed by atoms with Crippen molar-refractivity contribution < 1.29 is 5.11 Å². The zero-order valence-corrected chi connectivity index (χ0v) is 11.4. The van der Waals surface area contributed by atoms with Gasteiger partial charge in [-0.05, 0) is 29.7 Å². The molecule has 1 fully saturated rings. The molecule has 2 nitrogen and oxygen atoms in total. The average molecular weight is 276 g/mol. The molecule has 0 aromatic heterocycles. The van der Waals surface area contributed by atoms with Gasteiger partial charge in [-0.25, -0.2) is 0 Å². The number of phenolic OH excluding ortho intramolecular Hbond substituents is 1. The van der Waals surface area contributed by atoms with Crippen LogP contribution in [-0.4, -0.2) is 11.1 Å². The van der Waals surface area contributed by atoms with Gasteiger partial charge in [0.1, 0.15) is 5.75 Å². The van der Waals surface area contributed by atoms with E-state index in [9.17, 15) is 5.11 Å². The average Bonchev–Trinajstić information content (AvgIpc) is 3.17. The van der Waals surface area contributed by atoms with Gasteiger partial charge in [0.25, 0.3) is 0 Å². The number of aromatic hydroxyl groups is 1. The van der Waals surface area contributed by atoms with Gasteiger partial charge in [-0.15, -0.1) is 12.4 Å². The van der Waals surface area contributed by atoms with E-state index in [-0.39, 0.29) is 12.4 Å². The summed E-state index contributed by atoms with van der Waals surface area (Å²) < 4.78 is 0. The maximum atomic E-state index is 9.40. The second kappa shape index (κ2) is 6.09.